The topological polar surface area (TPSA) is 92.8 Å². The molecule has 0 spiro atoms. The van der Waals surface area contributed by atoms with Crippen molar-refractivity contribution in [2.45, 2.75) is 6.10 Å². The maximum absolute atomic E-state index is 10.6. The highest BCUT2D eigenvalue weighted by Gasteiger charge is 2.27. The molecule has 5 nitrogen and oxygen atoms in total. The lowest BCUT2D eigenvalue weighted by atomic mass is 10.2. The molecule has 10 heavy (non-hydrogen) atoms. The van der Waals surface area contributed by atoms with Crippen LogP contribution in [0.3, 0.4) is 0 Å². The number of aliphatic hydroxyl groups is 2. The van der Waals surface area contributed by atoms with E-state index in [9.17, 15) is 4.79 Å². The summed E-state index contributed by atoms with van der Waals surface area (Å²) in [5.74, 6) is -1.81. The Bertz CT molecular complexity index is 198. The van der Waals surface area contributed by atoms with Crippen LogP contribution >= 0.6 is 0 Å². The molecule has 0 aliphatic carbocycles. The smallest absolute Gasteiger partial charge is 0.234 e. The summed E-state index contributed by atoms with van der Waals surface area (Å²) in [6.45, 7) is -0.186. The average molecular weight is 145 g/mol. The average Bonchev–Trinajstić information content (AvgIpc) is 1.93. The molecule has 1 heterocycles. The van der Waals surface area contributed by atoms with Gasteiger partial charge in [0.2, 0.25) is 17.4 Å². The maximum Gasteiger partial charge on any atom is 0.234 e. The molecule has 1 unspecified atom stereocenters. The zero-order chi connectivity index (χ0) is 7.72. The quantitative estimate of drug-likeness (QED) is 0.391. The summed E-state index contributed by atoms with van der Waals surface area (Å²) in [4.78, 5) is 10.6. The highest BCUT2D eigenvalue weighted by atomic mass is 16.5. The van der Waals surface area contributed by atoms with Crippen LogP contribution in [0.4, 0.5) is 0 Å². The Morgan fingerprint density at radius 3 is 2.80 bits per heavy atom. The number of aliphatic hydroxyl groups excluding tert-OH is 2. The Balaban J connectivity index is 2.88. The summed E-state index contributed by atoms with van der Waals surface area (Å²) in [7, 11) is 0. The Hall–Kier alpha value is -1.23. The third-order valence-electron chi connectivity index (χ3n) is 1.17. The maximum atomic E-state index is 10.6. The van der Waals surface area contributed by atoms with Gasteiger partial charge >= 0.3 is 0 Å². The number of nitrogens with two attached hydrogens (primary N) is 1. The molecule has 4 N–H and O–H groups in total. The van der Waals surface area contributed by atoms with E-state index in [0.29, 0.717) is 0 Å². The summed E-state index contributed by atoms with van der Waals surface area (Å²) in [5.41, 5.74) is 5.01. The van der Waals surface area contributed by atoms with Gasteiger partial charge in [0, 0.05) is 0 Å². The van der Waals surface area contributed by atoms with Crippen molar-refractivity contribution >= 4 is 5.78 Å². The molecule has 0 amide bonds. The molecule has 0 aromatic rings. The molecule has 1 aliphatic rings. The van der Waals surface area contributed by atoms with E-state index < -0.39 is 17.6 Å². The Labute approximate surface area is 56.7 Å². The molecule has 0 radical (unpaired) electrons. The zero-order valence-corrected chi connectivity index (χ0v) is 5.07. The molecular weight excluding hydrogens is 138 g/mol. The molecule has 1 atom stereocenters. The van der Waals surface area contributed by atoms with Gasteiger partial charge in [0.05, 0.1) is 0 Å². The van der Waals surface area contributed by atoms with Crippen LogP contribution in [0.25, 0.3) is 0 Å². The molecule has 0 fully saturated rings. The van der Waals surface area contributed by atoms with Gasteiger partial charge in [-0.2, -0.15) is 0 Å². The minimum Gasteiger partial charge on any atom is -0.501 e. The number of carbonyl (C=O) groups excluding carboxylic acids is 1. The van der Waals surface area contributed by atoms with E-state index in [0.717, 1.165) is 0 Å². The van der Waals surface area contributed by atoms with Crippen molar-refractivity contribution in [2.75, 3.05) is 6.61 Å². The highest BCUT2D eigenvalue weighted by Crippen LogP contribution is 2.08. The molecule has 0 saturated heterocycles. The minimum atomic E-state index is -1.28. The highest BCUT2D eigenvalue weighted by molar-refractivity contribution is 5.97. The van der Waals surface area contributed by atoms with Crippen molar-refractivity contribution in [3.63, 3.8) is 0 Å². The zero-order valence-electron chi connectivity index (χ0n) is 5.07. The van der Waals surface area contributed by atoms with Crippen LogP contribution in [0.5, 0.6) is 0 Å². The molecule has 1 rings (SSSR count). The fraction of sp³-hybridized carbons (Fsp3) is 0.400. The third kappa shape index (κ3) is 0.906. The van der Waals surface area contributed by atoms with E-state index in [4.69, 9.17) is 15.9 Å². The number of hydrogen-bond acceptors (Lipinski definition) is 5. The van der Waals surface area contributed by atoms with Crippen molar-refractivity contribution in [3.05, 3.63) is 11.6 Å². The molecule has 0 saturated carbocycles. The van der Waals surface area contributed by atoms with E-state index in [-0.39, 0.29) is 12.5 Å². The summed E-state index contributed by atoms with van der Waals surface area (Å²) >= 11 is 0. The van der Waals surface area contributed by atoms with E-state index in [1.165, 1.54) is 0 Å². The Kier molecular flexibility index (Phi) is 1.50. The van der Waals surface area contributed by atoms with Crippen LogP contribution in [0.1, 0.15) is 0 Å². The first-order valence-electron chi connectivity index (χ1n) is 2.66. The predicted octanol–water partition coefficient (Wildman–Crippen LogP) is -1.37. The van der Waals surface area contributed by atoms with Crippen LogP contribution < -0.4 is 5.73 Å². The summed E-state index contributed by atoms with van der Waals surface area (Å²) < 4.78 is 4.51. The first-order valence-corrected chi connectivity index (χ1v) is 2.66. The lowest BCUT2D eigenvalue weighted by Crippen LogP contribution is -2.34. The molecular formula is C5H7NO4. The predicted molar refractivity (Wildman–Crippen MR) is 30.8 cm³/mol. The van der Waals surface area contributed by atoms with Gasteiger partial charge in [-0.3, -0.25) is 4.79 Å². The number of hydrogen-bond donors (Lipinski definition) is 3. The van der Waals surface area contributed by atoms with Crippen LogP contribution in [0.15, 0.2) is 11.6 Å². The Morgan fingerprint density at radius 2 is 2.30 bits per heavy atom. The first kappa shape index (κ1) is 6.88. The van der Waals surface area contributed by atoms with Gasteiger partial charge in [0.1, 0.15) is 6.61 Å². The van der Waals surface area contributed by atoms with Gasteiger partial charge in [-0.1, -0.05) is 0 Å². The second-order valence-corrected chi connectivity index (χ2v) is 1.90. The molecule has 0 aromatic heterocycles. The van der Waals surface area contributed by atoms with Gasteiger partial charge in [-0.05, 0) is 0 Å². The summed E-state index contributed by atoms with van der Waals surface area (Å²) in [5, 5.41) is 17.5. The van der Waals surface area contributed by atoms with Crippen molar-refractivity contribution < 1.29 is 19.7 Å². The minimum absolute atomic E-state index is 0.186. The molecule has 0 aromatic carbocycles. The van der Waals surface area contributed by atoms with Crippen LogP contribution in [0, 0.1) is 0 Å². The molecule has 56 valence electrons. The van der Waals surface area contributed by atoms with Crippen molar-refractivity contribution in [2.24, 2.45) is 5.73 Å². The van der Waals surface area contributed by atoms with E-state index in [1.807, 2.05) is 0 Å². The van der Waals surface area contributed by atoms with Crippen molar-refractivity contribution in [3.8, 4) is 0 Å². The summed E-state index contributed by atoms with van der Waals surface area (Å²) in [6.07, 6.45) is -1.28. The molecule has 0 bridgehead atoms. The van der Waals surface area contributed by atoms with Crippen molar-refractivity contribution in [1.29, 1.82) is 0 Å². The lowest BCUT2D eigenvalue weighted by Gasteiger charge is -2.17. The fourth-order valence-corrected chi connectivity index (χ4v) is 0.592. The van der Waals surface area contributed by atoms with Gasteiger partial charge in [0.25, 0.3) is 0 Å². The largest absolute Gasteiger partial charge is 0.501 e. The summed E-state index contributed by atoms with van der Waals surface area (Å²) in [6, 6.07) is 0. The van der Waals surface area contributed by atoms with Gasteiger partial charge in [0.15, 0.2) is 6.10 Å². The van der Waals surface area contributed by atoms with E-state index in [2.05, 4.69) is 4.74 Å². The monoisotopic (exact) mass is 145 g/mol. The molecule has 5 heteroatoms. The number of ketones is 1. The van der Waals surface area contributed by atoms with Crippen LogP contribution in [-0.2, 0) is 9.53 Å². The lowest BCUT2D eigenvalue weighted by molar-refractivity contribution is -0.131. The van der Waals surface area contributed by atoms with Gasteiger partial charge < -0.3 is 20.7 Å². The van der Waals surface area contributed by atoms with E-state index in [1.54, 1.807) is 0 Å². The van der Waals surface area contributed by atoms with Gasteiger partial charge in [-0.25, -0.2) is 0 Å². The van der Waals surface area contributed by atoms with Gasteiger partial charge in [-0.15, -0.1) is 0 Å². The SMILES string of the molecule is NC1=C(O)C(=O)C(O)CO1. The number of rotatable bonds is 0. The number of ether oxygens (including phenoxy) is 1. The second kappa shape index (κ2) is 2.18. The van der Waals surface area contributed by atoms with Crippen molar-refractivity contribution in [1.82, 2.24) is 0 Å². The Morgan fingerprint density at radius 1 is 1.70 bits per heavy atom. The third-order valence-corrected chi connectivity index (χ3v) is 1.17. The van der Waals surface area contributed by atoms with Crippen LogP contribution in [0.2, 0.25) is 0 Å². The van der Waals surface area contributed by atoms with Crippen LogP contribution in [-0.4, -0.2) is 28.7 Å². The normalized spacial score (nSPS) is 26.5. The number of carbonyl (C=O) groups is 1. The number of Topliss-reactive ketones (excluding diaryl/α,β-unsaturated/α-hetero) is 1. The van der Waals surface area contributed by atoms with E-state index >= 15 is 0 Å². The standard InChI is InChI=1S/C5H7NO4/c6-5-4(9)3(8)2(7)1-10-5/h2,7,9H,1,6H2. The first-order chi connectivity index (χ1) is 4.63. The second-order valence-electron chi connectivity index (χ2n) is 1.90. The molecule has 1 aliphatic heterocycles. The fourth-order valence-electron chi connectivity index (χ4n) is 0.592.